The molecule has 0 fully saturated rings. The molecule has 3 heteroatoms. The fourth-order valence-electron chi connectivity index (χ4n) is 0.572. The lowest BCUT2D eigenvalue weighted by atomic mass is 10.3. The maximum absolute atomic E-state index is 8.91. The molecule has 0 spiro atoms. The molecule has 0 aliphatic carbocycles. The van der Waals surface area contributed by atoms with Gasteiger partial charge in [0.05, 0.1) is 6.10 Å². The van der Waals surface area contributed by atoms with Crippen LogP contribution < -0.4 is 0 Å². The predicted molar refractivity (Wildman–Crippen MR) is 31.9 cm³/mol. The van der Waals surface area contributed by atoms with E-state index < -0.39 is 6.10 Å². The largest absolute Gasteiger partial charge is 0.449 e. The number of rotatable bonds is 1. The zero-order chi connectivity index (χ0) is 6.85. The second kappa shape index (κ2) is 2.19. The first-order valence-corrected chi connectivity index (χ1v) is 2.80. The molecule has 0 aromatic carbocycles. The summed E-state index contributed by atoms with van der Waals surface area (Å²) in [7, 11) is 0. The van der Waals surface area contributed by atoms with Gasteiger partial charge in [-0.25, -0.2) is 4.98 Å². The Bertz CT molecular complexity index is 193. The second-order valence-corrected chi connectivity index (χ2v) is 1.97. The molecule has 0 radical (unpaired) electrons. The second-order valence-electron chi connectivity index (χ2n) is 1.97. The first-order valence-electron chi connectivity index (χ1n) is 2.80. The van der Waals surface area contributed by atoms with Crippen LogP contribution in [-0.2, 0) is 0 Å². The van der Waals surface area contributed by atoms with Crippen LogP contribution in [-0.4, -0.2) is 10.1 Å². The summed E-state index contributed by atoms with van der Waals surface area (Å²) in [5.74, 6) is 0.589. The lowest BCUT2D eigenvalue weighted by Gasteiger charge is -1.92. The van der Waals surface area contributed by atoms with Gasteiger partial charge in [-0.1, -0.05) is 0 Å². The fraction of sp³-hybridized carbons (Fsp3) is 0.500. The molecule has 50 valence electrons. The SMILES string of the molecule is Cc1nc([C@H](C)O)co1. The number of hydrogen-bond donors (Lipinski definition) is 1. The molecule has 1 aromatic heterocycles. The minimum Gasteiger partial charge on any atom is -0.449 e. The summed E-state index contributed by atoms with van der Waals surface area (Å²) in [5.41, 5.74) is 0.590. The van der Waals surface area contributed by atoms with Crippen LogP contribution >= 0.6 is 0 Å². The Morgan fingerprint density at radius 1 is 1.78 bits per heavy atom. The Morgan fingerprint density at radius 3 is 2.67 bits per heavy atom. The van der Waals surface area contributed by atoms with Gasteiger partial charge in [-0.2, -0.15) is 0 Å². The van der Waals surface area contributed by atoms with Crippen molar-refractivity contribution in [3.05, 3.63) is 17.8 Å². The topological polar surface area (TPSA) is 46.3 Å². The van der Waals surface area contributed by atoms with Crippen LogP contribution in [0.1, 0.15) is 24.6 Å². The number of aryl methyl sites for hydroxylation is 1. The third kappa shape index (κ3) is 1.29. The van der Waals surface area contributed by atoms with Crippen molar-refractivity contribution in [3.63, 3.8) is 0 Å². The molecule has 9 heavy (non-hydrogen) atoms. The Labute approximate surface area is 53.3 Å². The van der Waals surface area contributed by atoms with E-state index in [4.69, 9.17) is 9.52 Å². The van der Waals surface area contributed by atoms with E-state index in [1.54, 1.807) is 13.8 Å². The van der Waals surface area contributed by atoms with Gasteiger partial charge in [0, 0.05) is 6.92 Å². The highest BCUT2D eigenvalue weighted by Crippen LogP contribution is 2.09. The van der Waals surface area contributed by atoms with Crippen molar-refractivity contribution in [1.82, 2.24) is 4.98 Å². The minimum absolute atomic E-state index is 0.526. The van der Waals surface area contributed by atoms with Crippen LogP contribution in [0.4, 0.5) is 0 Å². The minimum atomic E-state index is -0.526. The van der Waals surface area contributed by atoms with Crippen LogP contribution in [0, 0.1) is 6.92 Å². The van der Waals surface area contributed by atoms with Crippen LogP contribution in [0.5, 0.6) is 0 Å². The van der Waals surface area contributed by atoms with Crippen molar-refractivity contribution in [2.75, 3.05) is 0 Å². The molecule has 1 N–H and O–H groups in total. The monoisotopic (exact) mass is 127 g/mol. The van der Waals surface area contributed by atoms with Gasteiger partial charge in [0.2, 0.25) is 0 Å². The van der Waals surface area contributed by atoms with Crippen LogP contribution in [0.25, 0.3) is 0 Å². The van der Waals surface area contributed by atoms with E-state index in [0.29, 0.717) is 11.6 Å². The molecule has 0 saturated heterocycles. The maximum Gasteiger partial charge on any atom is 0.191 e. The predicted octanol–water partition coefficient (Wildman–Crippen LogP) is 1.04. The number of aromatic nitrogens is 1. The number of oxazole rings is 1. The molecule has 0 aliphatic heterocycles. The molecule has 1 heterocycles. The van der Waals surface area contributed by atoms with Gasteiger partial charge < -0.3 is 9.52 Å². The molecule has 0 saturated carbocycles. The van der Waals surface area contributed by atoms with Gasteiger partial charge in [-0.3, -0.25) is 0 Å². The van der Waals surface area contributed by atoms with Crippen molar-refractivity contribution < 1.29 is 9.52 Å². The fourth-order valence-corrected chi connectivity index (χ4v) is 0.572. The molecule has 0 bridgehead atoms. The van der Waals surface area contributed by atoms with Crippen LogP contribution in [0.15, 0.2) is 10.7 Å². The molecule has 0 amide bonds. The van der Waals surface area contributed by atoms with Gasteiger partial charge in [0.1, 0.15) is 12.0 Å². The van der Waals surface area contributed by atoms with Gasteiger partial charge in [0.25, 0.3) is 0 Å². The summed E-state index contributed by atoms with van der Waals surface area (Å²) < 4.78 is 4.85. The van der Waals surface area contributed by atoms with Crippen molar-refractivity contribution in [3.8, 4) is 0 Å². The average Bonchev–Trinajstić information content (AvgIpc) is 2.14. The highest BCUT2D eigenvalue weighted by Gasteiger charge is 2.03. The first-order chi connectivity index (χ1) is 4.20. The Kier molecular flexibility index (Phi) is 1.53. The zero-order valence-corrected chi connectivity index (χ0v) is 5.46. The lowest BCUT2D eigenvalue weighted by molar-refractivity contribution is 0.194. The van der Waals surface area contributed by atoms with E-state index in [9.17, 15) is 0 Å². The summed E-state index contributed by atoms with van der Waals surface area (Å²) in [5, 5.41) is 8.91. The number of hydrogen-bond acceptors (Lipinski definition) is 3. The molecule has 0 unspecified atom stereocenters. The summed E-state index contributed by atoms with van der Waals surface area (Å²) >= 11 is 0. The highest BCUT2D eigenvalue weighted by molar-refractivity contribution is 4.97. The van der Waals surface area contributed by atoms with Gasteiger partial charge in [-0.15, -0.1) is 0 Å². The summed E-state index contributed by atoms with van der Waals surface area (Å²) in [6.45, 7) is 3.39. The standard InChI is InChI=1S/C6H9NO2/c1-4(8)6-3-9-5(2)7-6/h3-4,8H,1-2H3/t4-/m0/s1. The molecule has 1 atom stereocenters. The smallest absolute Gasteiger partial charge is 0.191 e. The Hall–Kier alpha value is -0.830. The number of nitrogens with zero attached hydrogens (tertiary/aromatic N) is 1. The van der Waals surface area contributed by atoms with E-state index in [0.717, 1.165) is 0 Å². The number of aliphatic hydroxyl groups excluding tert-OH is 1. The molecule has 1 aromatic rings. The van der Waals surface area contributed by atoms with Crippen LogP contribution in [0.3, 0.4) is 0 Å². The van der Waals surface area contributed by atoms with Gasteiger partial charge >= 0.3 is 0 Å². The summed E-state index contributed by atoms with van der Waals surface area (Å²) in [6.07, 6.45) is 0.933. The maximum atomic E-state index is 8.91. The molecular formula is C6H9NO2. The van der Waals surface area contributed by atoms with E-state index in [1.807, 2.05) is 0 Å². The Morgan fingerprint density at radius 2 is 2.44 bits per heavy atom. The van der Waals surface area contributed by atoms with E-state index in [-0.39, 0.29) is 0 Å². The summed E-state index contributed by atoms with van der Waals surface area (Å²) in [4.78, 5) is 3.89. The van der Waals surface area contributed by atoms with Gasteiger partial charge in [0.15, 0.2) is 5.89 Å². The normalized spacial score (nSPS) is 13.7. The van der Waals surface area contributed by atoms with E-state index >= 15 is 0 Å². The number of aliphatic hydroxyl groups is 1. The third-order valence-corrected chi connectivity index (χ3v) is 1.06. The lowest BCUT2D eigenvalue weighted by Crippen LogP contribution is -1.89. The Balaban J connectivity index is 2.85. The molecule has 1 rings (SSSR count). The van der Waals surface area contributed by atoms with Crippen molar-refractivity contribution in [2.45, 2.75) is 20.0 Å². The molecule has 3 nitrogen and oxygen atoms in total. The highest BCUT2D eigenvalue weighted by atomic mass is 16.3. The molecular weight excluding hydrogens is 118 g/mol. The summed E-state index contributed by atoms with van der Waals surface area (Å²) in [6, 6.07) is 0. The van der Waals surface area contributed by atoms with Crippen LogP contribution in [0.2, 0.25) is 0 Å². The van der Waals surface area contributed by atoms with Crippen molar-refractivity contribution >= 4 is 0 Å². The molecule has 0 aliphatic rings. The zero-order valence-electron chi connectivity index (χ0n) is 5.46. The average molecular weight is 127 g/mol. The first kappa shape index (κ1) is 6.29. The third-order valence-electron chi connectivity index (χ3n) is 1.06. The van der Waals surface area contributed by atoms with Crippen molar-refractivity contribution in [2.24, 2.45) is 0 Å². The van der Waals surface area contributed by atoms with Gasteiger partial charge in [-0.05, 0) is 6.92 Å². The quantitative estimate of drug-likeness (QED) is 0.613. The van der Waals surface area contributed by atoms with E-state index in [1.165, 1.54) is 6.26 Å². The van der Waals surface area contributed by atoms with E-state index in [2.05, 4.69) is 4.98 Å². The van der Waals surface area contributed by atoms with Crippen molar-refractivity contribution in [1.29, 1.82) is 0 Å².